The van der Waals surface area contributed by atoms with Gasteiger partial charge in [0.05, 0.1) is 29.7 Å². The number of aromatic nitrogens is 4. The van der Waals surface area contributed by atoms with Gasteiger partial charge in [0.1, 0.15) is 0 Å². The lowest BCUT2D eigenvalue weighted by Gasteiger charge is -2.12. The van der Waals surface area contributed by atoms with Crippen LogP contribution in [0.15, 0.2) is 64.4 Å². The minimum absolute atomic E-state index is 0.205. The van der Waals surface area contributed by atoms with Crippen LogP contribution < -0.4 is 11.2 Å². The van der Waals surface area contributed by atoms with Crippen LogP contribution in [0.25, 0.3) is 16.9 Å². The normalized spacial score (nSPS) is 11.1. The van der Waals surface area contributed by atoms with Crippen LogP contribution >= 0.6 is 11.6 Å². The molecule has 0 aliphatic rings. The Bertz CT molecular complexity index is 1400. The van der Waals surface area contributed by atoms with Gasteiger partial charge in [0.15, 0.2) is 11.2 Å². The Morgan fingerprint density at radius 2 is 1.81 bits per heavy atom. The van der Waals surface area contributed by atoms with Gasteiger partial charge in [-0.05, 0) is 36.8 Å². The number of benzene rings is 2. The number of fused-ring (bicyclic) bond motifs is 1. The van der Waals surface area contributed by atoms with Gasteiger partial charge >= 0.3 is 11.7 Å². The van der Waals surface area contributed by atoms with E-state index in [1.807, 2.05) is 0 Å². The molecule has 2 heterocycles. The lowest BCUT2D eigenvalue weighted by atomic mass is 10.1. The van der Waals surface area contributed by atoms with Crippen LogP contribution in [-0.2, 0) is 17.8 Å². The van der Waals surface area contributed by atoms with Gasteiger partial charge in [-0.3, -0.25) is 9.36 Å². The zero-order valence-electron chi connectivity index (χ0n) is 16.9. The Kier molecular flexibility index (Phi) is 5.48. The Morgan fingerprint density at radius 3 is 2.45 bits per heavy atom. The molecule has 0 aliphatic heterocycles. The van der Waals surface area contributed by atoms with E-state index in [2.05, 4.69) is 4.98 Å². The molecule has 0 saturated carbocycles. The molecule has 0 fully saturated rings. The topological polar surface area (TPSA) is 88.1 Å². The van der Waals surface area contributed by atoms with Crippen LogP contribution in [0.4, 0.5) is 0 Å². The molecule has 9 heteroatoms. The fourth-order valence-corrected chi connectivity index (χ4v) is 3.71. The van der Waals surface area contributed by atoms with E-state index < -0.39 is 17.2 Å². The quantitative estimate of drug-likeness (QED) is 0.447. The number of carbonyl (C=O) groups is 1. The van der Waals surface area contributed by atoms with Gasteiger partial charge in [-0.15, -0.1) is 0 Å². The summed E-state index contributed by atoms with van der Waals surface area (Å²) in [6, 6.07) is 13.8. The number of para-hydroxylation sites is 1. The number of hydrogen-bond acceptors (Lipinski definition) is 5. The third-order valence-electron chi connectivity index (χ3n) is 5.04. The van der Waals surface area contributed by atoms with Gasteiger partial charge < -0.3 is 9.30 Å². The van der Waals surface area contributed by atoms with Gasteiger partial charge in [0.2, 0.25) is 0 Å². The van der Waals surface area contributed by atoms with E-state index in [0.717, 1.165) is 10.1 Å². The molecule has 158 valence electrons. The Morgan fingerprint density at radius 1 is 1.10 bits per heavy atom. The number of methoxy groups -OCH3 is 1. The van der Waals surface area contributed by atoms with E-state index in [9.17, 15) is 14.4 Å². The minimum atomic E-state index is -0.499. The molecular formula is C22H19ClN4O4. The SMILES string of the molecule is CCn1c(=O)c2c(ncn2Cc2ccc(C(=O)OC)cc2)n(-c2ccccc2Cl)c1=O. The smallest absolute Gasteiger partial charge is 0.337 e. The van der Waals surface area contributed by atoms with Crippen molar-refractivity contribution in [1.82, 2.24) is 18.7 Å². The fraction of sp³-hybridized carbons (Fsp3) is 0.182. The van der Waals surface area contributed by atoms with E-state index in [-0.39, 0.29) is 12.2 Å². The first-order valence-electron chi connectivity index (χ1n) is 9.59. The van der Waals surface area contributed by atoms with Crippen molar-refractivity contribution in [2.75, 3.05) is 7.11 Å². The van der Waals surface area contributed by atoms with Crippen molar-refractivity contribution < 1.29 is 9.53 Å². The summed E-state index contributed by atoms with van der Waals surface area (Å²) in [5.74, 6) is -0.422. The van der Waals surface area contributed by atoms with Crippen LogP contribution in [0.2, 0.25) is 5.02 Å². The highest BCUT2D eigenvalue weighted by atomic mass is 35.5. The second-order valence-electron chi connectivity index (χ2n) is 6.85. The van der Waals surface area contributed by atoms with Crippen LogP contribution in [0.5, 0.6) is 0 Å². The van der Waals surface area contributed by atoms with Gasteiger partial charge in [-0.2, -0.15) is 0 Å². The molecule has 0 unspecified atom stereocenters. The van der Waals surface area contributed by atoms with E-state index >= 15 is 0 Å². The number of nitrogens with zero attached hydrogens (tertiary/aromatic N) is 4. The average Bonchev–Trinajstić information content (AvgIpc) is 3.19. The number of carbonyl (C=O) groups excluding carboxylic acids is 1. The highest BCUT2D eigenvalue weighted by Gasteiger charge is 2.20. The number of esters is 1. The van der Waals surface area contributed by atoms with Crippen molar-refractivity contribution in [2.45, 2.75) is 20.0 Å². The highest BCUT2D eigenvalue weighted by molar-refractivity contribution is 6.32. The lowest BCUT2D eigenvalue weighted by molar-refractivity contribution is 0.0600. The number of imidazole rings is 1. The summed E-state index contributed by atoms with van der Waals surface area (Å²) in [5, 5.41) is 0.375. The van der Waals surface area contributed by atoms with Crippen LogP contribution in [0, 0.1) is 0 Å². The third-order valence-corrected chi connectivity index (χ3v) is 5.36. The largest absolute Gasteiger partial charge is 0.465 e. The monoisotopic (exact) mass is 438 g/mol. The van der Waals surface area contributed by atoms with Gasteiger partial charge in [0, 0.05) is 13.1 Å². The Hall–Kier alpha value is -3.65. The van der Waals surface area contributed by atoms with Gasteiger partial charge in [-0.25, -0.2) is 19.1 Å². The van der Waals surface area contributed by atoms with Crippen molar-refractivity contribution in [2.24, 2.45) is 0 Å². The molecule has 0 N–H and O–H groups in total. The number of hydrogen-bond donors (Lipinski definition) is 0. The van der Waals surface area contributed by atoms with Gasteiger partial charge in [-0.1, -0.05) is 35.9 Å². The van der Waals surface area contributed by atoms with E-state index in [4.69, 9.17) is 16.3 Å². The summed E-state index contributed by atoms with van der Waals surface area (Å²) in [6.07, 6.45) is 1.52. The third kappa shape index (κ3) is 3.55. The summed E-state index contributed by atoms with van der Waals surface area (Å²) in [6.45, 7) is 2.27. The zero-order chi connectivity index (χ0) is 22.1. The maximum Gasteiger partial charge on any atom is 0.337 e. The molecule has 4 rings (SSSR count). The van der Waals surface area contributed by atoms with Crippen LogP contribution in [0.1, 0.15) is 22.8 Å². The van der Waals surface area contributed by atoms with E-state index in [0.29, 0.717) is 28.3 Å². The van der Waals surface area contributed by atoms with Crippen molar-refractivity contribution in [3.63, 3.8) is 0 Å². The first-order chi connectivity index (χ1) is 15.0. The predicted octanol–water partition coefficient (Wildman–Crippen LogP) is 2.86. The summed E-state index contributed by atoms with van der Waals surface area (Å²) < 4.78 is 8.92. The second-order valence-corrected chi connectivity index (χ2v) is 7.26. The summed E-state index contributed by atoms with van der Waals surface area (Å²) in [5.41, 5.74) is 1.34. The van der Waals surface area contributed by atoms with Crippen molar-refractivity contribution in [3.05, 3.63) is 91.8 Å². The van der Waals surface area contributed by atoms with Gasteiger partial charge in [0.25, 0.3) is 5.56 Å². The molecule has 0 amide bonds. The van der Waals surface area contributed by atoms with Crippen molar-refractivity contribution >= 4 is 28.7 Å². The maximum absolute atomic E-state index is 13.1. The zero-order valence-corrected chi connectivity index (χ0v) is 17.7. The highest BCUT2D eigenvalue weighted by Crippen LogP contribution is 2.21. The Labute approximate surface area is 181 Å². The molecule has 8 nitrogen and oxygen atoms in total. The molecule has 31 heavy (non-hydrogen) atoms. The molecule has 0 spiro atoms. The van der Waals surface area contributed by atoms with Crippen LogP contribution in [-0.4, -0.2) is 31.8 Å². The van der Waals surface area contributed by atoms with E-state index in [1.54, 1.807) is 60.0 Å². The molecule has 0 saturated heterocycles. The van der Waals surface area contributed by atoms with Crippen molar-refractivity contribution in [3.8, 4) is 5.69 Å². The molecule has 4 aromatic rings. The molecule has 0 radical (unpaired) electrons. The molecule has 0 aliphatic carbocycles. The summed E-state index contributed by atoms with van der Waals surface area (Å²) >= 11 is 6.34. The predicted molar refractivity (Wildman–Crippen MR) is 117 cm³/mol. The number of ether oxygens (including phenoxy) is 1. The molecule has 0 bridgehead atoms. The lowest BCUT2D eigenvalue weighted by Crippen LogP contribution is -2.39. The fourth-order valence-electron chi connectivity index (χ4n) is 3.49. The maximum atomic E-state index is 13.1. The standard InChI is InChI=1S/C22H19ClN4O4/c1-3-26-20(28)18-19(27(22(26)30)17-7-5-4-6-16(17)23)24-13-25(18)12-14-8-10-15(11-9-14)21(29)31-2/h4-11,13H,3,12H2,1-2H3. The first-order valence-corrected chi connectivity index (χ1v) is 9.97. The van der Waals surface area contributed by atoms with Crippen molar-refractivity contribution in [1.29, 1.82) is 0 Å². The summed E-state index contributed by atoms with van der Waals surface area (Å²) in [4.78, 5) is 42.2. The number of halogens is 1. The number of rotatable bonds is 5. The van der Waals surface area contributed by atoms with E-state index in [1.165, 1.54) is 18.0 Å². The Balaban J connectivity index is 1.89. The minimum Gasteiger partial charge on any atom is -0.465 e. The summed E-state index contributed by atoms with van der Waals surface area (Å²) in [7, 11) is 1.32. The molecule has 0 atom stereocenters. The molecule has 2 aromatic carbocycles. The average molecular weight is 439 g/mol. The first kappa shape index (κ1) is 20.6. The second kappa shape index (κ2) is 8.23. The molecule has 2 aromatic heterocycles. The van der Waals surface area contributed by atoms with Crippen LogP contribution in [0.3, 0.4) is 0 Å². The molecular weight excluding hydrogens is 420 g/mol.